The highest BCUT2D eigenvalue weighted by Crippen LogP contribution is 2.48. The van der Waals surface area contributed by atoms with Crippen molar-refractivity contribution in [3.8, 4) is 0 Å². The van der Waals surface area contributed by atoms with Gasteiger partial charge in [-0.1, -0.05) is 19.4 Å². The number of aromatic nitrogens is 1. The van der Waals surface area contributed by atoms with Crippen LogP contribution in [0.15, 0.2) is 18.2 Å². The minimum absolute atomic E-state index is 0.0948. The first-order valence-corrected chi connectivity index (χ1v) is 12.9. The van der Waals surface area contributed by atoms with E-state index in [4.69, 9.17) is 23.9 Å². The average Bonchev–Trinajstić information content (AvgIpc) is 3.31. The average molecular weight is 478 g/mol. The number of ether oxygens (including phenoxy) is 4. The van der Waals surface area contributed by atoms with Crippen LogP contribution in [-0.4, -0.2) is 69.5 Å². The molecule has 4 saturated heterocycles. The third-order valence-corrected chi connectivity index (χ3v) is 8.22. The first-order chi connectivity index (χ1) is 16.4. The molecule has 0 aromatic carbocycles. The monoisotopic (exact) mass is 477 g/mol. The van der Waals surface area contributed by atoms with Crippen LogP contribution in [0.4, 0.5) is 0 Å². The summed E-state index contributed by atoms with van der Waals surface area (Å²) < 4.78 is 24.3. The Hall–Kier alpha value is -1.13. The molecular weight excluding hydrogens is 438 g/mol. The Bertz CT molecular complexity index is 839. The van der Waals surface area contributed by atoms with E-state index < -0.39 is 23.4 Å². The van der Waals surface area contributed by atoms with E-state index in [-0.39, 0.29) is 31.0 Å². The lowest BCUT2D eigenvalue weighted by atomic mass is 9.72. The topological polar surface area (TPSA) is 111 Å². The van der Waals surface area contributed by atoms with Gasteiger partial charge in [0, 0.05) is 37.3 Å². The molecule has 0 radical (unpaired) electrons. The minimum Gasteiger partial charge on any atom is -0.393 e. The lowest BCUT2D eigenvalue weighted by molar-refractivity contribution is -0.173. The SMILES string of the molecule is CCCC(CC(CCC12COC(CC(O)C1)O2)c1cccc(CO)n1)C12COC(CC(O)C1)O2. The van der Waals surface area contributed by atoms with Gasteiger partial charge in [-0.25, -0.2) is 0 Å². The van der Waals surface area contributed by atoms with E-state index >= 15 is 0 Å². The van der Waals surface area contributed by atoms with Crippen LogP contribution in [0.1, 0.15) is 82.0 Å². The van der Waals surface area contributed by atoms with E-state index in [0.717, 1.165) is 37.8 Å². The highest BCUT2D eigenvalue weighted by molar-refractivity contribution is 5.16. The molecule has 3 N–H and O–H groups in total. The second kappa shape index (κ2) is 10.1. The van der Waals surface area contributed by atoms with Crippen molar-refractivity contribution in [3.05, 3.63) is 29.6 Å². The van der Waals surface area contributed by atoms with Crippen molar-refractivity contribution in [2.45, 2.75) is 113 Å². The molecule has 5 heterocycles. The maximum atomic E-state index is 10.5. The lowest BCUT2D eigenvalue weighted by Crippen LogP contribution is -2.47. The molecule has 8 atom stereocenters. The van der Waals surface area contributed by atoms with Gasteiger partial charge in [0.2, 0.25) is 0 Å². The molecule has 8 nitrogen and oxygen atoms in total. The van der Waals surface area contributed by atoms with Gasteiger partial charge < -0.3 is 34.3 Å². The second-order valence-corrected chi connectivity index (χ2v) is 10.8. The normalized spacial score (nSPS) is 38.7. The molecule has 4 aliphatic rings. The molecule has 0 amide bonds. The molecule has 1 aromatic rings. The van der Waals surface area contributed by atoms with Gasteiger partial charge in [0.15, 0.2) is 12.6 Å². The molecular formula is C26H39NO7. The summed E-state index contributed by atoms with van der Waals surface area (Å²) in [5.41, 5.74) is 0.696. The lowest BCUT2D eigenvalue weighted by Gasteiger charge is -2.42. The standard InChI is InChI=1S/C26H39NO7/c1-2-4-18(26-13-21(30)11-24(34-26)32-16-26)9-17(22-6-3-5-19(14-28)27-22)7-8-25-12-20(29)10-23(33-25)31-15-25/h3,5-6,17-18,20-21,23-24,28-30H,2,4,7-16H2,1H3. The number of nitrogens with zero attached hydrogens (tertiary/aromatic N) is 1. The van der Waals surface area contributed by atoms with Crippen molar-refractivity contribution in [3.63, 3.8) is 0 Å². The molecule has 8 unspecified atom stereocenters. The van der Waals surface area contributed by atoms with Crippen LogP contribution in [0.3, 0.4) is 0 Å². The third-order valence-electron chi connectivity index (χ3n) is 8.22. The van der Waals surface area contributed by atoms with Crippen LogP contribution in [-0.2, 0) is 25.6 Å². The van der Waals surface area contributed by atoms with Gasteiger partial charge in [-0.3, -0.25) is 4.98 Å². The van der Waals surface area contributed by atoms with Gasteiger partial charge in [0.05, 0.1) is 48.9 Å². The first kappa shape index (κ1) is 24.6. The van der Waals surface area contributed by atoms with E-state index in [1.807, 2.05) is 18.2 Å². The van der Waals surface area contributed by atoms with Crippen molar-refractivity contribution in [2.24, 2.45) is 5.92 Å². The molecule has 190 valence electrons. The molecule has 34 heavy (non-hydrogen) atoms. The Morgan fingerprint density at radius 3 is 2.59 bits per heavy atom. The summed E-state index contributed by atoms with van der Waals surface area (Å²) in [6.45, 7) is 3.12. The van der Waals surface area contributed by atoms with Crippen molar-refractivity contribution in [2.75, 3.05) is 13.2 Å². The Labute approximate surface area is 201 Å². The van der Waals surface area contributed by atoms with Gasteiger partial charge in [-0.05, 0) is 43.7 Å². The highest BCUT2D eigenvalue weighted by atomic mass is 16.7. The maximum Gasteiger partial charge on any atom is 0.161 e. The van der Waals surface area contributed by atoms with E-state index in [1.165, 1.54) is 0 Å². The Kier molecular flexibility index (Phi) is 7.29. The van der Waals surface area contributed by atoms with Crippen LogP contribution in [0.2, 0.25) is 0 Å². The van der Waals surface area contributed by atoms with Crippen LogP contribution >= 0.6 is 0 Å². The maximum absolute atomic E-state index is 10.5. The van der Waals surface area contributed by atoms with Crippen LogP contribution in [0.25, 0.3) is 0 Å². The minimum atomic E-state index is -0.470. The highest BCUT2D eigenvalue weighted by Gasteiger charge is 2.53. The van der Waals surface area contributed by atoms with Crippen molar-refractivity contribution in [1.82, 2.24) is 4.98 Å². The summed E-state index contributed by atoms with van der Waals surface area (Å²) in [7, 11) is 0. The molecule has 0 aliphatic carbocycles. The number of fused-ring (bicyclic) bond motifs is 4. The Balaban J connectivity index is 1.38. The van der Waals surface area contributed by atoms with E-state index in [9.17, 15) is 15.3 Å². The number of hydrogen-bond donors (Lipinski definition) is 3. The Morgan fingerprint density at radius 2 is 1.79 bits per heavy atom. The smallest absolute Gasteiger partial charge is 0.161 e. The fourth-order valence-electron chi connectivity index (χ4n) is 6.58. The largest absolute Gasteiger partial charge is 0.393 e. The number of hydrogen-bond acceptors (Lipinski definition) is 8. The molecule has 4 fully saturated rings. The summed E-state index contributed by atoms with van der Waals surface area (Å²) >= 11 is 0. The zero-order chi connectivity index (χ0) is 23.8. The molecule has 8 heteroatoms. The van der Waals surface area contributed by atoms with Crippen molar-refractivity contribution >= 4 is 0 Å². The third kappa shape index (κ3) is 5.05. The molecule has 0 spiro atoms. The van der Waals surface area contributed by atoms with Gasteiger partial charge in [0.1, 0.15) is 0 Å². The van der Waals surface area contributed by atoms with Crippen LogP contribution in [0, 0.1) is 5.92 Å². The van der Waals surface area contributed by atoms with Crippen LogP contribution in [0.5, 0.6) is 0 Å². The summed E-state index contributed by atoms with van der Waals surface area (Å²) in [5.74, 6) is 0.334. The van der Waals surface area contributed by atoms with E-state index in [0.29, 0.717) is 44.6 Å². The quantitative estimate of drug-likeness (QED) is 0.472. The van der Waals surface area contributed by atoms with Crippen molar-refractivity contribution in [1.29, 1.82) is 0 Å². The van der Waals surface area contributed by atoms with Crippen molar-refractivity contribution < 1.29 is 34.3 Å². The fraction of sp³-hybridized carbons (Fsp3) is 0.808. The van der Waals surface area contributed by atoms with E-state index in [1.54, 1.807) is 0 Å². The predicted octanol–water partition coefficient (Wildman–Crippen LogP) is 2.78. The number of aliphatic hydroxyl groups excluding tert-OH is 3. The zero-order valence-corrected chi connectivity index (χ0v) is 20.1. The number of pyridine rings is 1. The van der Waals surface area contributed by atoms with Crippen LogP contribution < -0.4 is 0 Å². The van der Waals surface area contributed by atoms with Gasteiger partial charge in [-0.2, -0.15) is 0 Å². The fourth-order valence-corrected chi connectivity index (χ4v) is 6.58. The molecule has 5 rings (SSSR count). The second-order valence-electron chi connectivity index (χ2n) is 10.8. The summed E-state index contributed by atoms with van der Waals surface area (Å²) in [4.78, 5) is 4.77. The summed E-state index contributed by atoms with van der Waals surface area (Å²) in [6.07, 6.45) is 5.27. The molecule has 4 aliphatic heterocycles. The summed E-state index contributed by atoms with van der Waals surface area (Å²) in [6, 6.07) is 5.84. The molecule has 4 bridgehead atoms. The zero-order valence-electron chi connectivity index (χ0n) is 20.1. The van der Waals surface area contributed by atoms with Gasteiger partial charge >= 0.3 is 0 Å². The Morgan fingerprint density at radius 1 is 1.03 bits per heavy atom. The number of aliphatic hydroxyl groups is 3. The predicted molar refractivity (Wildman–Crippen MR) is 123 cm³/mol. The molecule has 1 aromatic heterocycles. The first-order valence-electron chi connectivity index (χ1n) is 12.9. The molecule has 0 saturated carbocycles. The van der Waals surface area contributed by atoms with Gasteiger partial charge in [-0.15, -0.1) is 0 Å². The van der Waals surface area contributed by atoms with Gasteiger partial charge in [0.25, 0.3) is 0 Å². The van der Waals surface area contributed by atoms with E-state index in [2.05, 4.69) is 6.92 Å². The number of rotatable bonds is 10. The summed E-state index contributed by atoms with van der Waals surface area (Å²) in [5, 5.41) is 30.5.